The fourth-order valence-electron chi connectivity index (χ4n) is 1.70. The Morgan fingerprint density at radius 1 is 1.38 bits per heavy atom. The van der Waals surface area contributed by atoms with Gasteiger partial charge in [-0.25, -0.2) is 17.2 Å². The van der Waals surface area contributed by atoms with Gasteiger partial charge in [0.15, 0.2) is 0 Å². The van der Waals surface area contributed by atoms with Crippen LogP contribution in [0.15, 0.2) is 21.5 Å². The van der Waals surface area contributed by atoms with Gasteiger partial charge in [0.2, 0.25) is 15.9 Å². The minimum absolute atomic E-state index is 0.0189. The summed E-state index contributed by atoms with van der Waals surface area (Å²) in [5.41, 5.74) is 5.03. The van der Waals surface area contributed by atoms with Crippen LogP contribution in [0.1, 0.15) is 19.8 Å². The zero-order chi connectivity index (χ0) is 16.2. The minimum atomic E-state index is -4.30. The van der Waals surface area contributed by atoms with Crippen LogP contribution in [-0.4, -0.2) is 31.7 Å². The van der Waals surface area contributed by atoms with Crippen LogP contribution in [0.4, 0.5) is 8.78 Å². The molecule has 2 N–H and O–H groups in total. The third kappa shape index (κ3) is 4.45. The molecule has 0 saturated heterocycles. The predicted octanol–water partition coefficient (Wildman–Crippen LogP) is 2.00. The van der Waals surface area contributed by atoms with E-state index in [1.807, 2.05) is 6.92 Å². The van der Waals surface area contributed by atoms with Crippen molar-refractivity contribution < 1.29 is 22.0 Å². The lowest BCUT2D eigenvalue weighted by molar-refractivity contribution is -0.118. The van der Waals surface area contributed by atoms with E-state index in [-0.39, 0.29) is 11.0 Å². The molecule has 118 valence electrons. The minimum Gasteiger partial charge on any atom is -0.369 e. The van der Waals surface area contributed by atoms with Crippen LogP contribution in [0.5, 0.6) is 0 Å². The molecule has 0 saturated carbocycles. The van der Waals surface area contributed by atoms with Gasteiger partial charge in [-0.15, -0.1) is 0 Å². The fourth-order valence-corrected chi connectivity index (χ4v) is 4.25. The molecule has 1 amide bonds. The van der Waals surface area contributed by atoms with Crippen molar-refractivity contribution in [3.63, 3.8) is 0 Å². The van der Waals surface area contributed by atoms with Crippen LogP contribution in [0.25, 0.3) is 0 Å². The van der Waals surface area contributed by atoms with Gasteiger partial charge in [0, 0.05) is 17.1 Å². The van der Waals surface area contributed by atoms with Crippen LogP contribution in [-0.2, 0) is 14.8 Å². The maximum absolute atomic E-state index is 13.8. The highest BCUT2D eigenvalue weighted by Crippen LogP contribution is 2.29. The second-order valence-corrected chi connectivity index (χ2v) is 7.09. The third-order valence-electron chi connectivity index (χ3n) is 2.65. The first-order valence-corrected chi connectivity index (χ1v) is 8.36. The molecule has 1 rings (SSSR count). The molecule has 0 aliphatic heterocycles. The summed E-state index contributed by atoms with van der Waals surface area (Å²) in [6.07, 6.45) is 1.16. The summed E-state index contributed by atoms with van der Waals surface area (Å²) in [7, 11) is -4.30. The van der Waals surface area contributed by atoms with Gasteiger partial charge in [0.1, 0.15) is 16.5 Å². The molecule has 0 atom stereocenters. The van der Waals surface area contributed by atoms with Crippen LogP contribution in [0.3, 0.4) is 0 Å². The maximum atomic E-state index is 13.8. The molecule has 0 fully saturated rings. The van der Waals surface area contributed by atoms with E-state index in [1.54, 1.807) is 0 Å². The normalized spacial score (nSPS) is 11.9. The van der Waals surface area contributed by atoms with Crippen molar-refractivity contribution in [2.45, 2.75) is 24.7 Å². The van der Waals surface area contributed by atoms with Crippen molar-refractivity contribution >= 4 is 31.9 Å². The summed E-state index contributed by atoms with van der Waals surface area (Å²) in [4.78, 5) is 10.3. The van der Waals surface area contributed by atoms with Gasteiger partial charge in [-0.3, -0.25) is 4.79 Å². The second-order valence-electron chi connectivity index (χ2n) is 4.36. The molecule has 0 radical (unpaired) electrons. The smallest absolute Gasteiger partial charge is 0.247 e. The highest BCUT2D eigenvalue weighted by atomic mass is 79.9. The van der Waals surface area contributed by atoms with Gasteiger partial charge < -0.3 is 5.73 Å². The highest BCUT2D eigenvalue weighted by molar-refractivity contribution is 9.10. The van der Waals surface area contributed by atoms with Gasteiger partial charge in [-0.2, -0.15) is 4.31 Å². The van der Waals surface area contributed by atoms with Crippen molar-refractivity contribution in [1.29, 1.82) is 0 Å². The standard InChI is InChI=1S/C12H15BrF2N2O3S/c1-2-3-4-17(7-11(16)18)21(19,20)12-9(13)5-8(14)6-10(12)15/h5-6H,2-4,7H2,1H3,(H2,16,18). The number of carbonyl (C=O) groups excluding carboxylic acids is 1. The van der Waals surface area contributed by atoms with E-state index < -0.39 is 39.0 Å². The Bertz CT molecular complexity index is 614. The van der Waals surface area contributed by atoms with Gasteiger partial charge in [0.25, 0.3) is 0 Å². The number of primary amides is 1. The summed E-state index contributed by atoms with van der Waals surface area (Å²) in [6, 6.07) is 1.32. The SMILES string of the molecule is CCCCN(CC(N)=O)S(=O)(=O)c1c(F)cc(F)cc1Br. The number of sulfonamides is 1. The van der Waals surface area contributed by atoms with E-state index in [4.69, 9.17) is 5.73 Å². The zero-order valence-corrected chi connectivity index (χ0v) is 13.7. The molecule has 0 unspecified atom stereocenters. The molecule has 0 aliphatic carbocycles. The molecule has 0 aromatic heterocycles. The van der Waals surface area contributed by atoms with E-state index in [0.717, 1.165) is 10.4 Å². The highest BCUT2D eigenvalue weighted by Gasteiger charge is 2.31. The Kier molecular flexibility index (Phi) is 6.24. The second kappa shape index (κ2) is 7.28. The predicted molar refractivity (Wildman–Crippen MR) is 76.9 cm³/mol. The third-order valence-corrected chi connectivity index (χ3v) is 5.46. The number of amides is 1. The molecule has 9 heteroatoms. The Morgan fingerprint density at radius 2 is 2.00 bits per heavy atom. The zero-order valence-electron chi connectivity index (χ0n) is 11.3. The summed E-state index contributed by atoms with van der Waals surface area (Å²) in [6.45, 7) is 1.29. The maximum Gasteiger partial charge on any atom is 0.247 e. The quantitative estimate of drug-likeness (QED) is 0.780. The van der Waals surface area contributed by atoms with Crippen LogP contribution in [0, 0.1) is 11.6 Å². The summed E-state index contributed by atoms with van der Waals surface area (Å²) >= 11 is 2.83. The molecule has 5 nitrogen and oxygen atoms in total. The molecular weight excluding hydrogens is 370 g/mol. The number of hydrogen-bond acceptors (Lipinski definition) is 3. The Morgan fingerprint density at radius 3 is 2.48 bits per heavy atom. The Balaban J connectivity index is 3.31. The molecule has 1 aromatic rings. The lowest BCUT2D eigenvalue weighted by Gasteiger charge is -2.21. The topological polar surface area (TPSA) is 80.5 Å². The van der Waals surface area contributed by atoms with Gasteiger partial charge >= 0.3 is 0 Å². The number of nitrogens with zero attached hydrogens (tertiary/aromatic N) is 1. The summed E-state index contributed by atoms with van der Waals surface area (Å²) in [5, 5.41) is 0. The van der Waals surface area contributed by atoms with E-state index in [9.17, 15) is 22.0 Å². The first-order valence-electron chi connectivity index (χ1n) is 6.13. The van der Waals surface area contributed by atoms with Crippen molar-refractivity contribution in [3.05, 3.63) is 28.2 Å². The number of halogens is 3. The molecule has 21 heavy (non-hydrogen) atoms. The van der Waals surface area contributed by atoms with Gasteiger partial charge in [-0.1, -0.05) is 13.3 Å². The van der Waals surface area contributed by atoms with Gasteiger partial charge in [0.05, 0.1) is 6.54 Å². The molecule has 0 spiro atoms. The average molecular weight is 385 g/mol. The number of nitrogens with two attached hydrogens (primary N) is 1. The summed E-state index contributed by atoms with van der Waals surface area (Å²) < 4.78 is 52.3. The first kappa shape index (κ1) is 18.0. The average Bonchev–Trinajstić information content (AvgIpc) is 2.32. The molecule has 0 aliphatic rings. The van der Waals surface area contributed by atoms with Crippen molar-refractivity contribution in [2.24, 2.45) is 5.73 Å². The number of hydrogen-bond donors (Lipinski definition) is 1. The Labute approximate surface area is 130 Å². The summed E-state index contributed by atoms with van der Waals surface area (Å²) in [5.74, 6) is -2.99. The first-order chi connectivity index (χ1) is 9.70. The van der Waals surface area contributed by atoms with Gasteiger partial charge in [-0.05, 0) is 28.4 Å². The number of benzene rings is 1. The van der Waals surface area contributed by atoms with E-state index >= 15 is 0 Å². The van der Waals surface area contributed by atoms with Crippen molar-refractivity contribution in [1.82, 2.24) is 4.31 Å². The van der Waals surface area contributed by atoms with Crippen LogP contribution in [0.2, 0.25) is 0 Å². The number of unbranched alkanes of at least 4 members (excludes halogenated alkanes) is 1. The van der Waals surface area contributed by atoms with Crippen LogP contribution >= 0.6 is 15.9 Å². The monoisotopic (exact) mass is 384 g/mol. The van der Waals surface area contributed by atoms with Crippen molar-refractivity contribution in [2.75, 3.05) is 13.1 Å². The lowest BCUT2D eigenvalue weighted by Crippen LogP contribution is -2.39. The van der Waals surface area contributed by atoms with E-state index in [1.165, 1.54) is 0 Å². The molecule has 1 aromatic carbocycles. The van der Waals surface area contributed by atoms with Crippen LogP contribution < -0.4 is 5.73 Å². The van der Waals surface area contributed by atoms with E-state index in [0.29, 0.717) is 18.9 Å². The molecule has 0 bridgehead atoms. The Hall–Kier alpha value is -1.06. The molecule has 0 heterocycles. The van der Waals surface area contributed by atoms with E-state index in [2.05, 4.69) is 15.9 Å². The largest absolute Gasteiger partial charge is 0.369 e. The lowest BCUT2D eigenvalue weighted by atomic mass is 10.3. The fraction of sp³-hybridized carbons (Fsp3) is 0.417. The van der Waals surface area contributed by atoms with Crippen molar-refractivity contribution in [3.8, 4) is 0 Å². The number of carbonyl (C=O) groups is 1. The number of rotatable bonds is 7. The molecular formula is C12H15BrF2N2O3S.